The lowest BCUT2D eigenvalue weighted by Crippen LogP contribution is -2.40. The molecule has 3 N–H and O–H groups in total. The Labute approximate surface area is 155 Å². The molecule has 0 spiro atoms. The van der Waals surface area contributed by atoms with Crippen molar-refractivity contribution in [2.45, 2.75) is 44.4 Å². The Hall–Kier alpha value is -2.04. The van der Waals surface area contributed by atoms with E-state index in [0.717, 1.165) is 37.0 Å². The maximum atomic E-state index is 12.6. The van der Waals surface area contributed by atoms with E-state index in [1.807, 2.05) is 54.6 Å². The van der Waals surface area contributed by atoms with Gasteiger partial charge in [-0.3, -0.25) is 4.79 Å². The summed E-state index contributed by atoms with van der Waals surface area (Å²) in [4.78, 5) is 12.6. The molecule has 0 bridgehead atoms. The first kappa shape index (κ1) is 19.3. The van der Waals surface area contributed by atoms with Gasteiger partial charge in [0.05, 0.1) is 0 Å². The zero-order chi connectivity index (χ0) is 16.8. The van der Waals surface area contributed by atoms with E-state index in [4.69, 9.17) is 10.5 Å². The van der Waals surface area contributed by atoms with Crippen molar-refractivity contribution in [3.63, 3.8) is 0 Å². The predicted octanol–water partition coefficient (Wildman–Crippen LogP) is 3.69. The van der Waals surface area contributed by atoms with Crippen LogP contribution in [-0.2, 0) is 6.61 Å². The van der Waals surface area contributed by atoms with Gasteiger partial charge in [-0.05, 0) is 43.9 Å². The standard InChI is InChI=1S/C20H24N2O2.ClH/c21-16-10-12-17(13-11-16)22-20(23)19-9-5-4-6-15(19)14-24-18-7-2-1-3-8-18;/h1-9,16-17H,10-14,21H2,(H,22,23);1H. The SMILES string of the molecule is Cl.NC1CCC(NC(=O)c2ccccc2COc2ccccc2)CC1. The van der Waals surface area contributed by atoms with E-state index in [0.29, 0.717) is 12.2 Å². The van der Waals surface area contributed by atoms with Crippen molar-refractivity contribution in [2.75, 3.05) is 0 Å². The van der Waals surface area contributed by atoms with Crippen molar-refractivity contribution < 1.29 is 9.53 Å². The van der Waals surface area contributed by atoms with Crippen molar-refractivity contribution in [3.8, 4) is 5.75 Å². The number of amides is 1. The highest BCUT2D eigenvalue weighted by Gasteiger charge is 2.21. The molecule has 4 nitrogen and oxygen atoms in total. The number of nitrogens with two attached hydrogens (primary N) is 1. The fourth-order valence-electron chi connectivity index (χ4n) is 3.07. The van der Waals surface area contributed by atoms with Crippen LogP contribution in [0.15, 0.2) is 54.6 Å². The number of carbonyl (C=O) groups is 1. The molecule has 0 heterocycles. The highest BCUT2D eigenvalue weighted by Crippen LogP contribution is 2.19. The van der Waals surface area contributed by atoms with Crippen LogP contribution in [0.5, 0.6) is 5.75 Å². The van der Waals surface area contributed by atoms with Crippen molar-refractivity contribution in [3.05, 3.63) is 65.7 Å². The topological polar surface area (TPSA) is 64.3 Å². The highest BCUT2D eigenvalue weighted by atomic mass is 35.5. The third-order valence-corrected chi connectivity index (χ3v) is 4.51. The Bertz CT molecular complexity index is 670. The summed E-state index contributed by atoms with van der Waals surface area (Å²) in [7, 11) is 0. The Balaban J connectivity index is 0.00000225. The molecule has 0 saturated heterocycles. The summed E-state index contributed by atoms with van der Waals surface area (Å²) in [5.41, 5.74) is 7.51. The van der Waals surface area contributed by atoms with Crippen molar-refractivity contribution in [1.29, 1.82) is 0 Å². The first-order valence-corrected chi connectivity index (χ1v) is 8.54. The Kier molecular flexibility index (Phi) is 7.29. The highest BCUT2D eigenvalue weighted by molar-refractivity contribution is 5.95. The summed E-state index contributed by atoms with van der Waals surface area (Å²) >= 11 is 0. The molecule has 25 heavy (non-hydrogen) atoms. The Morgan fingerprint density at radius 1 is 1.00 bits per heavy atom. The second-order valence-electron chi connectivity index (χ2n) is 6.34. The summed E-state index contributed by atoms with van der Waals surface area (Å²) in [6.07, 6.45) is 3.86. The largest absolute Gasteiger partial charge is 0.489 e. The van der Waals surface area contributed by atoms with Crippen molar-refractivity contribution in [1.82, 2.24) is 5.32 Å². The molecule has 1 aliphatic carbocycles. The van der Waals surface area contributed by atoms with Crippen LogP contribution < -0.4 is 15.8 Å². The van der Waals surface area contributed by atoms with E-state index in [1.54, 1.807) is 0 Å². The van der Waals surface area contributed by atoms with Gasteiger partial charge in [0.2, 0.25) is 0 Å². The molecule has 1 saturated carbocycles. The van der Waals surface area contributed by atoms with E-state index >= 15 is 0 Å². The molecule has 1 amide bonds. The molecular formula is C20H25ClN2O2. The van der Waals surface area contributed by atoms with Gasteiger partial charge in [-0.25, -0.2) is 0 Å². The number of para-hydroxylation sites is 1. The quantitative estimate of drug-likeness (QED) is 0.854. The van der Waals surface area contributed by atoms with Crippen LogP contribution in [0, 0.1) is 0 Å². The maximum Gasteiger partial charge on any atom is 0.251 e. The minimum atomic E-state index is -0.0252. The second-order valence-corrected chi connectivity index (χ2v) is 6.34. The lowest BCUT2D eigenvalue weighted by atomic mass is 9.91. The number of rotatable bonds is 5. The number of carbonyl (C=O) groups excluding carboxylic acids is 1. The predicted molar refractivity (Wildman–Crippen MR) is 102 cm³/mol. The molecule has 0 aliphatic heterocycles. The molecule has 2 aromatic rings. The molecule has 0 aromatic heterocycles. The zero-order valence-corrected chi connectivity index (χ0v) is 15.0. The van der Waals surface area contributed by atoms with E-state index in [1.165, 1.54) is 0 Å². The number of benzene rings is 2. The lowest BCUT2D eigenvalue weighted by Gasteiger charge is -2.27. The fourth-order valence-corrected chi connectivity index (χ4v) is 3.07. The smallest absolute Gasteiger partial charge is 0.251 e. The van der Waals surface area contributed by atoms with Gasteiger partial charge in [0, 0.05) is 23.2 Å². The van der Waals surface area contributed by atoms with Crippen LogP contribution in [0.4, 0.5) is 0 Å². The number of hydrogen-bond donors (Lipinski definition) is 2. The summed E-state index contributed by atoms with van der Waals surface area (Å²) in [6, 6.07) is 17.8. The van der Waals surface area contributed by atoms with Crippen LogP contribution >= 0.6 is 12.4 Å². The van der Waals surface area contributed by atoms with E-state index in [9.17, 15) is 4.79 Å². The van der Waals surface area contributed by atoms with Crippen LogP contribution in [-0.4, -0.2) is 18.0 Å². The average molecular weight is 361 g/mol. The summed E-state index contributed by atoms with van der Waals surface area (Å²) < 4.78 is 5.79. The third kappa shape index (κ3) is 5.48. The number of halogens is 1. The summed E-state index contributed by atoms with van der Waals surface area (Å²) in [5, 5.41) is 3.14. The summed E-state index contributed by atoms with van der Waals surface area (Å²) in [5.74, 6) is 0.775. The van der Waals surface area contributed by atoms with Gasteiger partial charge in [0.15, 0.2) is 0 Å². The molecule has 1 aliphatic rings. The van der Waals surface area contributed by atoms with Gasteiger partial charge < -0.3 is 15.8 Å². The van der Waals surface area contributed by atoms with E-state index in [2.05, 4.69) is 5.32 Å². The minimum Gasteiger partial charge on any atom is -0.489 e. The fraction of sp³-hybridized carbons (Fsp3) is 0.350. The van der Waals surface area contributed by atoms with Gasteiger partial charge in [0.25, 0.3) is 5.91 Å². The van der Waals surface area contributed by atoms with Gasteiger partial charge in [-0.15, -0.1) is 12.4 Å². The molecule has 2 aromatic carbocycles. The number of nitrogens with one attached hydrogen (secondary N) is 1. The Morgan fingerprint density at radius 2 is 1.64 bits per heavy atom. The lowest BCUT2D eigenvalue weighted by molar-refractivity contribution is 0.0923. The molecular weight excluding hydrogens is 336 g/mol. The average Bonchev–Trinajstić information content (AvgIpc) is 2.63. The van der Waals surface area contributed by atoms with Gasteiger partial charge >= 0.3 is 0 Å². The molecule has 0 radical (unpaired) electrons. The Morgan fingerprint density at radius 3 is 2.36 bits per heavy atom. The first-order valence-electron chi connectivity index (χ1n) is 8.54. The van der Waals surface area contributed by atoms with Crippen molar-refractivity contribution >= 4 is 18.3 Å². The number of ether oxygens (including phenoxy) is 1. The maximum absolute atomic E-state index is 12.6. The first-order chi connectivity index (χ1) is 11.7. The van der Waals surface area contributed by atoms with Crippen LogP contribution in [0.1, 0.15) is 41.6 Å². The number of hydrogen-bond acceptors (Lipinski definition) is 3. The van der Waals surface area contributed by atoms with E-state index < -0.39 is 0 Å². The molecule has 0 unspecified atom stereocenters. The molecule has 134 valence electrons. The molecule has 1 fully saturated rings. The van der Waals surface area contributed by atoms with Crippen LogP contribution in [0.2, 0.25) is 0 Å². The third-order valence-electron chi connectivity index (χ3n) is 4.51. The van der Waals surface area contributed by atoms with E-state index in [-0.39, 0.29) is 30.4 Å². The minimum absolute atomic E-state index is 0. The zero-order valence-electron chi connectivity index (χ0n) is 14.2. The molecule has 0 atom stereocenters. The van der Waals surface area contributed by atoms with Crippen LogP contribution in [0.3, 0.4) is 0 Å². The van der Waals surface area contributed by atoms with Crippen molar-refractivity contribution in [2.24, 2.45) is 5.73 Å². The molecule has 5 heteroatoms. The van der Waals surface area contributed by atoms with Gasteiger partial charge in [-0.1, -0.05) is 36.4 Å². The normalized spacial score (nSPS) is 19.6. The van der Waals surface area contributed by atoms with Crippen LogP contribution in [0.25, 0.3) is 0 Å². The van der Waals surface area contributed by atoms with Gasteiger partial charge in [0.1, 0.15) is 12.4 Å². The van der Waals surface area contributed by atoms with Gasteiger partial charge in [-0.2, -0.15) is 0 Å². The summed E-state index contributed by atoms with van der Waals surface area (Å²) in [6.45, 7) is 0.378. The molecule has 3 rings (SSSR count). The monoisotopic (exact) mass is 360 g/mol. The second kappa shape index (κ2) is 9.44.